The summed E-state index contributed by atoms with van der Waals surface area (Å²) in [4.78, 5) is 11.9. The average Bonchev–Trinajstić information content (AvgIpc) is 2.79. The second-order valence-corrected chi connectivity index (χ2v) is 4.73. The first-order valence-corrected chi connectivity index (χ1v) is 6.28. The number of aromatic nitrogens is 2. The van der Waals surface area contributed by atoms with E-state index in [-0.39, 0.29) is 5.56 Å². The molecule has 0 aliphatic heterocycles. The molecule has 2 rings (SSSR count). The summed E-state index contributed by atoms with van der Waals surface area (Å²) in [7, 11) is 1.83. The predicted molar refractivity (Wildman–Crippen MR) is 74.8 cm³/mol. The minimum absolute atomic E-state index is 0.0197. The average molecular weight is 276 g/mol. The molecule has 0 spiro atoms. The highest BCUT2D eigenvalue weighted by Crippen LogP contribution is 2.16. The van der Waals surface area contributed by atoms with Crippen molar-refractivity contribution < 1.29 is 9.18 Å². The zero-order valence-electron chi connectivity index (χ0n) is 11.5. The highest BCUT2D eigenvalue weighted by atomic mass is 19.1. The Kier molecular flexibility index (Phi) is 4.02. The summed E-state index contributed by atoms with van der Waals surface area (Å²) in [5, 5.41) is 6.72. The van der Waals surface area contributed by atoms with E-state index in [0.717, 1.165) is 5.56 Å². The maximum absolute atomic E-state index is 13.9. The Balaban J connectivity index is 1.98. The molecule has 5 nitrogen and oxygen atoms in total. The lowest BCUT2D eigenvalue weighted by atomic mass is 10.1. The van der Waals surface area contributed by atoms with Gasteiger partial charge in [-0.25, -0.2) is 4.39 Å². The van der Waals surface area contributed by atoms with Gasteiger partial charge < -0.3 is 11.1 Å². The van der Waals surface area contributed by atoms with Crippen LogP contribution in [0.3, 0.4) is 0 Å². The highest BCUT2D eigenvalue weighted by molar-refractivity contribution is 5.95. The van der Waals surface area contributed by atoms with E-state index >= 15 is 0 Å². The molecule has 1 aromatic heterocycles. The van der Waals surface area contributed by atoms with Crippen molar-refractivity contribution in [3.05, 3.63) is 47.0 Å². The Labute approximate surface area is 116 Å². The number of rotatable bonds is 4. The van der Waals surface area contributed by atoms with Gasteiger partial charge >= 0.3 is 0 Å². The van der Waals surface area contributed by atoms with Crippen LogP contribution in [0, 0.1) is 12.7 Å². The number of nitrogen functional groups attached to an aromatic ring is 1. The Bertz CT molecular complexity index is 636. The summed E-state index contributed by atoms with van der Waals surface area (Å²) in [5.74, 6) is -0.986. The van der Waals surface area contributed by atoms with E-state index in [0.29, 0.717) is 24.2 Å². The van der Waals surface area contributed by atoms with Gasteiger partial charge in [0.15, 0.2) is 0 Å². The van der Waals surface area contributed by atoms with Gasteiger partial charge in [-0.2, -0.15) is 5.10 Å². The number of nitrogens with zero attached hydrogens (tertiary/aromatic N) is 2. The van der Waals surface area contributed by atoms with Gasteiger partial charge in [0.2, 0.25) is 0 Å². The SMILES string of the molecule is Cc1cc(N)cc(C(=O)NCCc2cnn(C)c2)c1F. The first kappa shape index (κ1) is 14.0. The van der Waals surface area contributed by atoms with Gasteiger partial charge in [-0.3, -0.25) is 9.48 Å². The summed E-state index contributed by atoms with van der Waals surface area (Å²) < 4.78 is 15.5. The molecule has 1 aromatic carbocycles. The van der Waals surface area contributed by atoms with Crippen molar-refractivity contribution in [3.8, 4) is 0 Å². The van der Waals surface area contributed by atoms with Crippen LogP contribution in [0.5, 0.6) is 0 Å². The lowest BCUT2D eigenvalue weighted by Crippen LogP contribution is -2.26. The van der Waals surface area contributed by atoms with Gasteiger partial charge in [-0.15, -0.1) is 0 Å². The number of nitrogens with one attached hydrogen (secondary N) is 1. The molecule has 0 saturated heterocycles. The predicted octanol–water partition coefficient (Wildman–Crippen LogP) is 1.42. The number of hydrogen-bond acceptors (Lipinski definition) is 3. The van der Waals surface area contributed by atoms with Crippen molar-refractivity contribution in [1.29, 1.82) is 0 Å². The fraction of sp³-hybridized carbons (Fsp3) is 0.286. The number of benzene rings is 1. The van der Waals surface area contributed by atoms with Crippen LogP contribution in [0.2, 0.25) is 0 Å². The Morgan fingerprint density at radius 1 is 1.50 bits per heavy atom. The molecule has 0 bridgehead atoms. The van der Waals surface area contributed by atoms with Crippen LogP contribution in [0.4, 0.5) is 10.1 Å². The second kappa shape index (κ2) is 5.73. The maximum atomic E-state index is 13.9. The summed E-state index contributed by atoms with van der Waals surface area (Å²) in [6.45, 7) is 2.00. The fourth-order valence-electron chi connectivity index (χ4n) is 1.98. The summed E-state index contributed by atoms with van der Waals surface area (Å²) in [5.41, 5.74) is 7.36. The van der Waals surface area contributed by atoms with Crippen molar-refractivity contribution in [1.82, 2.24) is 15.1 Å². The third-order valence-corrected chi connectivity index (χ3v) is 2.98. The van der Waals surface area contributed by atoms with Crippen LogP contribution < -0.4 is 11.1 Å². The van der Waals surface area contributed by atoms with Gasteiger partial charge in [0.1, 0.15) is 5.82 Å². The van der Waals surface area contributed by atoms with Crippen molar-refractivity contribution in [3.63, 3.8) is 0 Å². The van der Waals surface area contributed by atoms with Crippen LogP contribution in [0.25, 0.3) is 0 Å². The second-order valence-electron chi connectivity index (χ2n) is 4.73. The van der Waals surface area contributed by atoms with E-state index in [2.05, 4.69) is 10.4 Å². The third-order valence-electron chi connectivity index (χ3n) is 2.98. The smallest absolute Gasteiger partial charge is 0.254 e. The third kappa shape index (κ3) is 3.14. The summed E-state index contributed by atoms with van der Waals surface area (Å²) in [6.07, 6.45) is 4.25. The minimum atomic E-state index is -0.530. The topological polar surface area (TPSA) is 72.9 Å². The highest BCUT2D eigenvalue weighted by Gasteiger charge is 2.14. The standard InChI is InChI=1S/C14H17FN4O/c1-9-5-11(16)6-12(13(9)15)14(20)17-4-3-10-7-18-19(2)8-10/h5-8H,3-4,16H2,1-2H3,(H,17,20). The van der Waals surface area contributed by atoms with Gasteiger partial charge in [0.25, 0.3) is 5.91 Å². The van der Waals surface area contributed by atoms with E-state index in [1.807, 2.05) is 13.2 Å². The lowest BCUT2D eigenvalue weighted by Gasteiger charge is -2.08. The monoisotopic (exact) mass is 276 g/mol. The van der Waals surface area contributed by atoms with Crippen LogP contribution in [-0.2, 0) is 13.5 Å². The number of amides is 1. The quantitative estimate of drug-likeness (QED) is 0.830. The zero-order chi connectivity index (χ0) is 14.7. The number of nitrogens with two attached hydrogens (primary N) is 1. The summed E-state index contributed by atoms with van der Waals surface area (Å²) >= 11 is 0. The Morgan fingerprint density at radius 2 is 2.25 bits per heavy atom. The van der Waals surface area contributed by atoms with Gasteiger partial charge in [-0.1, -0.05) is 0 Å². The Morgan fingerprint density at radius 3 is 2.90 bits per heavy atom. The first-order chi connectivity index (χ1) is 9.47. The molecule has 0 aliphatic rings. The van der Waals surface area contributed by atoms with E-state index in [4.69, 9.17) is 5.73 Å². The molecule has 0 fully saturated rings. The number of anilines is 1. The molecule has 3 N–H and O–H groups in total. The van der Waals surface area contributed by atoms with Gasteiger partial charge in [0.05, 0.1) is 11.8 Å². The van der Waals surface area contributed by atoms with Crippen molar-refractivity contribution in [2.24, 2.45) is 7.05 Å². The minimum Gasteiger partial charge on any atom is -0.399 e. The largest absolute Gasteiger partial charge is 0.399 e. The fourth-order valence-corrected chi connectivity index (χ4v) is 1.98. The Hall–Kier alpha value is -2.37. The molecular weight excluding hydrogens is 259 g/mol. The van der Waals surface area contributed by atoms with E-state index < -0.39 is 11.7 Å². The summed E-state index contributed by atoms with van der Waals surface area (Å²) in [6, 6.07) is 2.85. The molecule has 0 atom stereocenters. The van der Waals surface area contributed by atoms with Crippen LogP contribution >= 0.6 is 0 Å². The molecular formula is C14H17FN4O. The van der Waals surface area contributed by atoms with Crippen LogP contribution in [0.15, 0.2) is 24.5 Å². The number of hydrogen-bond donors (Lipinski definition) is 2. The number of halogens is 1. The zero-order valence-corrected chi connectivity index (χ0v) is 11.5. The normalized spacial score (nSPS) is 10.6. The molecule has 6 heteroatoms. The van der Waals surface area contributed by atoms with E-state index in [1.54, 1.807) is 17.8 Å². The van der Waals surface area contributed by atoms with Gasteiger partial charge in [-0.05, 0) is 36.6 Å². The molecule has 20 heavy (non-hydrogen) atoms. The van der Waals surface area contributed by atoms with E-state index in [9.17, 15) is 9.18 Å². The molecule has 0 saturated carbocycles. The first-order valence-electron chi connectivity index (χ1n) is 6.28. The maximum Gasteiger partial charge on any atom is 0.254 e. The van der Waals surface area contributed by atoms with Crippen LogP contribution in [0.1, 0.15) is 21.5 Å². The van der Waals surface area contributed by atoms with Crippen molar-refractivity contribution >= 4 is 11.6 Å². The molecule has 1 amide bonds. The number of carbonyl (C=O) groups excluding carboxylic acids is 1. The number of carbonyl (C=O) groups is 1. The molecule has 0 aliphatic carbocycles. The molecule has 0 radical (unpaired) electrons. The molecule has 2 aromatic rings. The molecule has 1 heterocycles. The van der Waals surface area contributed by atoms with Crippen molar-refractivity contribution in [2.45, 2.75) is 13.3 Å². The number of aryl methyl sites for hydroxylation is 2. The van der Waals surface area contributed by atoms with Crippen LogP contribution in [-0.4, -0.2) is 22.2 Å². The molecule has 0 unspecified atom stereocenters. The van der Waals surface area contributed by atoms with Gasteiger partial charge in [0, 0.05) is 25.5 Å². The van der Waals surface area contributed by atoms with Crippen molar-refractivity contribution in [2.75, 3.05) is 12.3 Å². The lowest BCUT2D eigenvalue weighted by molar-refractivity contribution is 0.0950. The molecule has 106 valence electrons. The van der Waals surface area contributed by atoms with E-state index in [1.165, 1.54) is 12.1 Å².